The average molecular weight is 368 g/mol. The molecule has 6 heteroatoms. The van der Waals surface area contributed by atoms with Crippen molar-refractivity contribution in [3.63, 3.8) is 0 Å². The number of nitrogens with zero attached hydrogens (tertiary/aromatic N) is 3. The number of carbonyl (C=O) groups is 1. The number of benzene rings is 1. The molecule has 4 rings (SSSR count). The smallest absolute Gasteiger partial charge is 0.269 e. The number of rotatable bonds is 4. The third kappa shape index (κ3) is 3.64. The molecule has 2 N–H and O–H groups in total. The molecule has 0 unspecified atom stereocenters. The molecule has 0 atom stereocenters. The fourth-order valence-electron chi connectivity index (χ4n) is 4.28. The van der Waals surface area contributed by atoms with E-state index in [0.29, 0.717) is 24.8 Å². The van der Waals surface area contributed by atoms with Crippen molar-refractivity contribution in [3.8, 4) is 0 Å². The summed E-state index contributed by atoms with van der Waals surface area (Å²) in [7, 11) is 0. The van der Waals surface area contributed by atoms with Crippen LogP contribution in [-0.2, 0) is 24.4 Å². The zero-order valence-electron chi connectivity index (χ0n) is 16.1. The number of piperidine rings is 1. The zero-order chi connectivity index (χ0) is 19.0. The number of hydrogen-bond donors (Lipinski definition) is 1. The van der Waals surface area contributed by atoms with Crippen molar-refractivity contribution >= 4 is 5.91 Å². The summed E-state index contributed by atoms with van der Waals surface area (Å²) in [6.07, 6.45) is 1.95. The molecule has 2 aliphatic heterocycles. The summed E-state index contributed by atoms with van der Waals surface area (Å²) in [6, 6.07) is 10.5. The molecule has 144 valence electrons. The lowest BCUT2D eigenvalue weighted by atomic mass is 9.89. The largest absolute Gasteiger partial charge is 0.367 e. The minimum absolute atomic E-state index is 0.179. The molecule has 6 nitrogen and oxygen atoms in total. The van der Waals surface area contributed by atoms with E-state index in [4.69, 9.17) is 10.5 Å². The molecule has 2 aromatic rings. The first-order chi connectivity index (χ1) is 13.0. The number of ether oxygens (including phenoxy) is 1. The van der Waals surface area contributed by atoms with Crippen molar-refractivity contribution in [3.05, 3.63) is 52.8 Å². The second-order valence-corrected chi connectivity index (χ2v) is 8.14. The van der Waals surface area contributed by atoms with Crippen LogP contribution in [0, 0.1) is 0 Å². The lowest BCUT2D eigenvalue weighted by molar-refractivity contribution is -0.124. The van der Waals surface area contributed by atoms with Gasteiger partial charge in [-0.2, -0.15) is 5.10 Å². The van der Waals surface area contributed by atoms with Gasteiger partial charge in [-0.1, -0.05) is 38.1 Å². The van der Waals surface area contributed by atoms with E-state index >= 15 is 0 Å². The summed E-state index contributed by atoms with van der Waals surface area (Å²) >= 11 is 0. The molecule has 1 saturated heterocycles. The highest BCUT2D eigenvalue weighted by molar-refractivity contribution is 5.90. The first-order valence-corrected chi connectivity index (χ1v) is 9.76. The lowest BCUT2D eigenvalue weighted by Crippen LogP contribution is -2.50. The van der Waals surface area contributed by atoms with Gasteiger partial charge in [0.15, 0.2) is 0 Å². The Morgan fingerprint density at radius 3 is 2.74 bits per heavy atom. The highest BCUT2D eigenvalue weighted by atomic mass is 16.5. The molecule has 1 amide bonds. The molecule has 2 aliphatic rings. The third-order valence-corrected chi connectivity index (χ3v) is 5.92. The minimum atomic E-state index is -0.482. The number of likely N-dealkylation sites (tertiary alicyclic amines) is 1. The normalized spacial score (nSPS) is 19.4. The maximum absolute atomic E-state index is 11.4. The number of nitrogens with two attached hydrogens (primary N) is 1. The van der Waals surface area contributed by atoms with E-state index < -0.39 is 5.91 Å². The molecule has 0 aliphatic carbocycles. The average Bonchev–Trinajstić information content (AvgIpc) is 3.07. The van der Waals surface area contributed by atoms with Gasteiger partial charge in [0.1, 0.15) is 5.69 Å². The first-order valence-electron chi connectivity index (χ1n) is 9.76. The Labute approximate surface area is 160 Å². The molecule has 1 fully saturated rings. The molecule has 3 heterocycles. The van der Waals surface area contributed by atoms with Gasteiger partial charge >= 0.3 is 0 Å². The third-order valence-electron chi connectivity index (χ3n) is 5.92. The maximum Gasteiger partial charge on any atom is 0.269 e. The van der Waals surface area contributed by atoms with Crippen molar-refractivity contribution in [1.82, 2.24) is 14.7 Å². The van der Waals surface area contributed by atoms with Gasteiger partial charge in [-0.15, -0.1) is 0 Å². The topological polar surface area (TPSA) is 73.4 Å². The monoisotopic (exact) mass is 368 g/mol. The fraction of sp³-hybridized carbons (Fsp3) is 0.524. The van der Waals surface area contributed by atoms with Crippen LogP contribution < -0.4 is 5.73 Å². The molecule has 1 aromatic carbocycles. The van der Waals surface area contributed by atoms with Crippen LogP contribution in [0.2, 0.25) is 0 Å². The van der Waals surface area contributed by atoms with Gasteiger partial charge in [0.2, 0.25) is 0 Å². The summed E-state index contributed by atoms with van der Waals surface area (Å²) in [5.41, 5.74) is 9.30. The molecule has 1 aromatic heterocycles. The van der Waals surface area contributed by atoms with Gasteiger partial charge < -0.3 is 10.5 Å². The lowest BCUT2D eigenvalue weighted by Gasteiger charge is -2.44. The Kier molecular flexibility index (Phi) is 4.78. The van der Waals surface area contributed by atoms with Crippen molar-refractivity contribution in [2.75, 3.05) is 13.1 Å². The van der Waals surface area contributed by atoms with E-state index in [2.05, 4.69) is 48.1 Å². The van der Waals surface area contributed by atoms with Gasteiger partial charge in [0.05, 0.1) is 24.4 Å². The van der Waals surface area contributed by atoms with Crippen LogP contribution in [-0.4, -0.2) is 39.3 Å². The van der Waals surface area contributed by atoms with Crippen LogP contribution in [0.25, 0.3) is 0 Å². The van der Waals surface area contributed by atoms with E-state index in [1.54, 1.807) is 6.07 Å². The first kappa shape index (κ1) is 18.2. The van der Waals surface area contributed by atoms with Crippen LogP contribution in [0.15, 0.2) is 30.3 Å². The summed E-state index contributed by atoms with van der Waals surface area (Å²) in [4.78, 5) is 13.9. The Morgan fingerprint density at radius 1 is 1.30 bits per heavy atom. The molecular formula is C21H28N4O2. The van der Waals surface area contributed by atoms with E-state index in [1.165, 1.54) is 11.1 Å². The molecule has 0 bridgehead atoms. The number of carbonyl (C=O) groups excluding carboxylic acids is 1. The van der Waals surface area contributed by atoms with Crippen LogP contribution >= 0.6 is 0 Å². The van der Waals surface area contributed by atoms with Gasteiger partial charge in [-0.25, -0.2) is 0 Å². The standard InChI is InChI=1S/C21H28N4O2/c1-15(2)18-6-4-3-5-16(18)12-24-9-7-21(8-10-24)14-25-17(13-27-21)11-19(23-25)20(22)26/h3-6,11,15H,7-10,12-14H2,1-2H3,(H2,22,26). The van der Waals surface area contributed by atoms with Crippen LogP contribution in [0.4, 0.5) is 0 Å². The summed E-state index contributed by atoms with van der Waals surface area (Å²) < 4.78 is 8.16. The van der Waals surface area contributed by atoms with E-state index in [0.717, 1.165) is 38.2 Å². The highest BCUT2D eigenvalue weighted by Gasteiger charge is 2.39. The molecule has 0 saturated carbocycles. The predicted molar refractivity (Wildman–Crippen MR) is 103 cm³/mol. The second-order valence-electron chi connectivity index (χ2n) is 8.14. The number of amides is 1. The van der Waals surface area contributed by atoms with Crippen LogP contribution in [0.5, 0.6) is 0 Å². The van der Waals surface area contributed by atoms with Gasteiger partial charge in [-0.3, -0.25) is 14.4 Å². The van der Waals surface area contributed by atoms with Crippen molar-refractivity contribution in [1.29, 1.82) is 0 Å². The second kappa shape index (κ2) is 7.09. The van der Waals surface area contributed by atoms with Crippen LogP contribution in [0.1, 0.15) is 59.9 Å². The Hall–Kier alpha value is -2.18. The Morgan fingerprint density at radius 2 is 2.04 bits per heavy atom. The predicted octanol–water partition coefficient (Wildman–Crippen LogP) is 2.67. The van der Waals surface area contributed by atoms with Gasteiger partial charge in [0.25, 0.3) is 5.91 Å². The summed E-state index contributed by atoms with van der Waals surface area (Å²) in [5, 5.41) is 4.37. The van der Waals surface area contributed by atoms with Crippen molar-refractivity contribution in [2.24, 2.45) is 5.73 Å². The number of aromatic nitrogens is 2. The molecule has 0 radical (unpaired) electrons. The molecule has 27 heavy (non-hydrogen) atoms. The van der Waals surface area contributed by atoms with Gasteiger partial charge in [0, 0.05) is 19.6 Å². The van der Waals surface area contributed by atoms with E-state index in [-0.39, 0.29) is 5.60 Å². The van der Waals surface area contributed by atoms with Crippen LogP contribution in [0.3, 0.4) is 0 Å². The maximum atomic E-state index is 11.4. The SMILES string of the molecule is CC(C)c1ccccc1CN1CCC2(CC1)Cn1nc(C(N)=O)cc1CO2. The van der Waals surface area contributed by atoms with E-state index in [9.17, 15) is 4.79 Å². The summed E-state index contributed by atoms with van der Waals surface area (Å²) in [5.74, 6) is 0.0567. The zero-order valence-corrected chi connectivity index (χ0v) is 16.1. The molecular weight excluding hydrogens is 340 g/mol. The fourth-order valence-corrected chi connectivity index (χ4v) is 4.28. The van der Waals surface area contributed by atoms with E-state index in [1.807, 2.05) is 4.68 Å². The number of hydrogen-bond acceptors (Lipinski definition) is 4. The number of fused-ring (bicyclic) bond motifs is 1. The minimum Gasteiger partial charge on any atom is -0.367 e. The number of primary amides is 1. The quantitative estimate of drug-likeness (QED) is 0.900. The van der Waals surface area contributed by atoms with Crippen molar-refractivity contribution < 1.29 is 9.53 Å². The molecule has 1 spiro atoms. The van der Waals surface area contributed by atoms with Gasteiger partial charge in [-0.05, 0) is 36.0 Å². The Balaban J connectivity index is 1.41. The summed E-state index contributed by atoms with van der Waals surface area (Å²) in [6.45, 7) is 8.70. The van der Waals surface area contributed by atoms with Crippen molar-refractivity contribution in [2.45, 2.75) is 57.9 Å². The Bertz CT molecular complexity index is 834. The highest BCUT2D eigenvalue weighted by Crippen LogP contribution is 2.34.